The fourth-order valence-electron chi connectivity index (χ4n) is 1.72. The van der Waals surface area contributed by atoms with Crippen molar-refractivity contribution in [2.45, 2.75) is 6.04 Å². The van der Waals surface area contributed by atoms with Gasteiger partial charge in [0.1, 0.15) is 5.69 Å². The average molecular weight is 365 g/mol. The summed E-state index contributed by atoms with van der Waals surface area (Å²) in [5.74, 6) is 1.62. The molecule has 0 saturated carbocycles. The summed E-state index contributed by atoms with van der Waals surface area (Å²) in [5, 5.41) is 8.48. The predicted molar refractivity (Wildman–Crippen MR) is 92.7 cm³/mol. The third-order valence-electron chi connectivity index (χ3n) is 2.69. The molecule has 1 fully saturated rings. The van der Waals surface area contributed by atoms with Crippen molar-refractivity contribution in [1.82, 2.24) is 15.3 Å². The zero-order valence-corrected chi connectivity index (χ0v) is 14.1. The van der Waals surface area contributed by atoms with Crippen molar-refractivity contribution in [1.29, 1.82) is 0 Å². The van der Waals surface area contributed by atoms with Gasteiger partial charge in [0.15, 0.2) is 5.13 Å². The summed E-state index contributed by atoms with van der Waals surface area (Å²) in [5.41, 5.74) is 1.60. The second kappa shape index (κ2) is 8.55. The van der Waals surface area contributed by atoms with E-state index in [1.54, 1.807) is 18.0 Å². The minimum Gasteiger partial charge on any atom is -0.301 e. The quantitative estimate of drug-likeness (QED) is 0.876. The van der Waals surface area contributed by atoms with Crippen LogP contribution >= 0.6 is 47.9 Å². The minimum atomic E-state index is -0.118. The molecule has 1 aliphatic rings. The molecule has 9 heteroatoms. The molecule has 2 N–H and O–H groups in total. The van der Waals surface area contributed by atoms with Crippen molar-refractivity contribution in [2.24, 2.45) is 0 Å². The van der Waals surface area contributed by atoms with Gasteiger partial charge in [-0.1, -0.05) is 6.07 Å². The minimum absolute atomic E-state index is 0. The molecule has 0 aliphatic carbocycles. The summed E-state index contributed by atoms with van der Waals surface area (Å²) in [6.45, 7) is 0. The molecule has 1 aliphatic heterocycles. The van der Waals surface area contributed by atoms with Crippen LogP contribution in [0.4, 0.5) is 5.13 Å². The molecule has 0 spiro atoms. The maximum Gasteiger partial charge on any atom is 0.244 e. The summed E-state index contributed by atoms with van der Waals surface area (Å²) >= 11 is 3.14. The van der Waals surface area contributed by atoms with E-state index < -0.39 is 0 Å². The van der Waals surface area contributed by atoms with E-state index in [4.69, 9.17) is 0 Å². The number of hydrogen-bond acceptors (Lipinski definition) is 6. The highest BCUT2D eigenvalue weighted by atomic mass is 35.5. The number of thioether (sulfide) groups is 1. The first-order valence-electron chi connectivity index (χ1n) is 5.82. The Kier molecular flexibility index (Phi) is 7.41. The maximum atomic E-state index is 11.9. The van der Waals surface area contributed by atoms with Crippen LogP contribution in [0.5, 0.6) is 0 Å². The van der Waals surface area contributed by atoms with Gasteiger partial charge in [-0.3, -0.25) is 15.1 Å². The Morgan fingerprint density at radius 2 is 2.19 bits per heavy atom. The Bertz CT molecular complexity index is 576. The number of thiazole rings is 1. The summed E-state index contributed by atoms with van der Waals surface area (Å²) < 4.78 is 0. The van der Waals surface area contributed by atoms with Crippen LogP contribution in [0.2, 0.25) is 0 Å². The van der Waals surface area contributed by atoms with Crippen LogP contribution in [0.25, 0.3) is 11.4 Å². The van der Waals surface area contributed by atoms with Gasteiger partial charge in [0.05, 0.1) is 11.7 Å². The van der Waals surface area contributed by atoms with Gasteiger partial charge in [-0.15, -0.1) is 47.9 Å². The smallest absolute Gasteiger partial charge is 0.244 e. The van der Waals surface area contributed by atoms with Crippen LogP contribution in [0.15, 0.2) is 29.8 Å². The van der Waals surface area contributed by atoms with Crippen LogP contribution in [0, 0.1) is 0 Å². The molecular formula is C12H14Cl2N4OS2. The number of nitrogens with zero attached hydrogens (tertiary/aromatic N) is 2. The Hall–Kier alpha value is -0.860. The van der Waals surface area contributed by atoms with E-state index in [1.165, 1.54) is 11.3 Å². The van der Waals surface area contributed by atoms with Crippen molar-refractivity contribution in [3.8, 4) is 11.4 Å². The van der Waals surface area contributed by atoms with Gasteiger partial charge < -0.3 is 5.32 Å². The van der Waals surface area contributed by atoms with Crippen LogP contribution in [-0.2, 0) is 4.79 Å². The van der Waals surface area contributed by atoms with Gasteiger partial charge in [0.2, 0.25) is 5.91 Å². The van der Waals surface area contributed by atoms with E-state index in [0.717, 1.165) is 23.0 Å². The third kappa shape index (κ3) is 4.55. The Labute approximate surface area is 143 Å². The Morgan fingerprint density at radius 3 is 2.86 bits per heavy atom. The molecule has 3 rings (SSSR count). The highest BCUT2D eigenvalue weighted by Crippen LogP contribution is 2.23. The van der Waals surface area contributed by atoms with Gasteiger partial charge in [-0.05, 0) is 12.1 Å². The first-order chi connectivity index (χ1) is 9.33. The highest BCUT2D eigenvalue weighted by molar-refractivity contribution is 7.99. The molecule has 2 aromatic heterocycles. The highest BCUT2D eigenvalue weighted by Gasteiger charge is 2.23. The topological polar surface area (TPSA) is 66.9 Å². The van der Waals surface area contributed by atoms with Crippen molar-refractivity contribution in [3.63, 3.8) is 0 Å². The van der Waals surface area contributed by atoms with Crippen molar-refractivity contribution in [3.05, 3.63) is 29.8 Å². The van der Waals surface area contributed by atoms with E-state index in [0.29, 0.717) is 5.13 Å². The van der Waals surface area contributed by atoms with Crippen LogP contribution in [0.1, 0.15) is 0 Å². The molecule has 0 aromatic carbocycles. The summed E-state index contributed by atoms with van der Waals surface area (Å²) in [6.07, 6.45) is 1.73. The summed E-state index contributed by atoms with van der Waals surface area (Å²) in [7, 11) is 0. The molecule has 0 radical (unpaired) electrons. The Balaban J connectivity index is 0.00000110. The molecule has 1 amide bonds. The molecule has 1 saturated heterocycles. The molecule has 1 atom stereocenters. The zero-order chi connectivity index (χ0) is 13.1. The van der Waals surface area contributed by atoms with Gasteiger partial charge in [0.25, 0.3) is 0 Å². The van der Waals surface area contributed by atoms with Crippen molar-refractivity contribution in [2.75, 3.05) is 16.9 Å². The maximum absolute atomic E-state index is 11.9. The van der Waals surface area contributed by atoms with E-state index >= 15 is 0 Å². The van der Waals surface area contributed by atoms with Crippen LogP contribution < -0.4 is 10.6 Å². The summed E-state index contributed by atoms with van der Waals surface area (Å²) in [4.78, 5) is 20.5. The standard InChI is InChI=1S/C12H12N4OS2.2ClH/c17-11(10-5-18-7-14-10)16-12-15-9(6-19-12)8-3-1-2-4-13-8;;/h1-4,6,10,14H,5,7H2,(H,15,16,17);2*1H. The monoisotopic (exact) mass is 364 g/mol. The molecule has 114 valence electrons. The normalized spacial score (nSPS) is 16.7. The average Bonchev–Trinajstić information content (AvgIpc) is 3.11. The number of hydrogen-bond donors (Lipinski definition) is 2. The van der Waals surface area contributed by atoms with E-state index in [1.807, 2.05) is 23.6 Å². The predicted octanol–water partition coefficient (Wildman–Crippen LogP) is 2.65. The van der Waals surface area contributed by atoms with Gasteiger partial charge in [-0.2, -0.15) is 0 Å². The molecular weight excluding hydrogens is 351 g/mol. The second-order valence-electron chi connectivity index (χ2n) is 4.01. The van der Waals surface area contributed by atoms with E-state index in [-0.39, 0.29) is 36.8 Å². The lowest BCUT2D eigenvalue weighted by Gasteiger charge is -2.07. The van der Waals surface area contributed by atoms with Gasteiger partial charge in [-0.25, -0.2) is 4.98 Å². The molecule has 2 aromatic rings. The number of amides is 1. The SMILES string of the molecule is Cl.Cl.O=C(Nc1nc(-c2ccccn2)cs1)C1CSCN1. The number of carbonyl (C=O) groups is 1. The van der Waals surface area contributed by atoms with Crippen LogP contribution in [0.3, 0.4) is 0 Å². The zero-order valence-electron chi connectivity index (χ0n) is 10.8. The number of rotatable bonds is 3. The first-order valence-corrected chi connectivity index (χ1v) is 7.85. The fraction of sp³-hybridized carbons (Fsp3) is 0.250. The number of carbonyl (C=O) groups excluding carboxylic acids is 1. The largest absolute Gasteiger partial charge is 0.301 e. The molecule has 1 unspecified atom stereocenters. The second-order valence-corrected chi connectivity index (χ2v) is 5.90. The number of aromatic nitrogens is 2. The fourth-order valence-corrected chi connectivity index (χ4v) is 3.37. The third-order valence-corrected chi connectivity index (χ3v) is 4.39. The number of anilines is 1. The van der Waals surface area contributed by atoms with Gasteiger partial charge >= 0.3 is 0 Å². The number of halogens is 2. The van der Waals surface area contributed by atoms with Crippen molar-refractivity contribution < 1.29 is 4.79 Å². The molecule has 3 heterocycles. The molecule has 21 heavy (non-hydrogen) atoms. The van der Waals surface area contributed by atoms with E-state index in [2.05, 4.69) is 20.6 Å². The first kappa shape index (κ1) is 18.2. The van der Waals surface area contributed by atoms with Crippen LogP contribution in [-0.4, -0.2) is 33.5 Å². The number of pyridine rings is 1. The number of nitrogens with one attached hydrogen (secondary N) is 2. The summed E-state index contributed by atoms with van der Waals surface area (Å²) in [6, 6.07) is 5.56. The Morgan fingerprint density at radius 1 is 1.33 bits per heavy atom. The van der Waals surface area contributed by atoms with E-state index in [9.17, 15) is 4.79 Å². The molecule has 5 nitrogen and oxygen atoms in total. The van der Waals surface area contributed by atoms with Crippen molar-refractivity contribution >= 4 is 59.0 Å². The lowest BCUT2D eigenvalue weighted by Crippen LogP contribution is -2.37. The molecule has 0 bridgehead atoms. The lowest BCUT2D eigenvalue weighted by atomic mass is 10.3. The lowest BCUT2D eigenvalue weighted by molar-refractivity contribution is -0.117. The van der Waals surface area contributed by atoms with Gasteiger partial charge in [0, 0.05) is 23.2 Å².